The average Bonchev–Trinajstić information content (AvgIpc) is 2.80. The van der Waals surface area contributed by atoms with Crippen LogP contribution in [-0.4, -0.2) is 37.0 Å². The second kappa shape index (κ2) is 5.55. The van der Waals surface area contributed by atoms with Crippen molar-refractivity contribution in [1.29, 1.82) is 0 Å². The van der Waals surface area contributed by atoms with Gasteiger partial charge in [-0.2, -0.15) is 4.31 Å². The van der Waals surface area contributed by atoms with Gasteiger partial charge in [0.15, 0.2) is 0 Å². The van der Waals surface area contributed by atoms with Crippen LogP contribution in [0.3, 0.4) is 0 Å². The zero-order valence-corrected chi connectivity index (χ0v) is 13.1. The molecule has 21 heavy (non-hydrogen) atoms. The molecular formula is C14H21FN2O3S. The summed E-state index contributed by atoms with van der Waals surface area (Å²) in [4.78, 5) is -0.0227. The molecule has 118 valence electrons. The second-order valence-corrected chi connectivity index (χ2v) is 7.85. The number of anilines is 1. The molecule has 0 aromatic heterocycles. The van der Waals surface area contributed by atoms with Gasteiger partial charge in [0.1, 0.15) is 5.82 Å². The molecular weight excluding hydrogens is 295 g/mol. The number of halogens is 1. The van der Waals surface area contributed by atoms with E-state index in [0.29, 0.717) is 18.4 Å². The minimum Gasteiger partial charge on any atom is -0.396 e. The van der Waals surface area contributed by atoms with E-state index in [1.54, 1.807) is 0 Å². The van der Waals surface area contributed by atoms with Gasteiger partial charge < -0.3 is 10.8 Å². The molecule has 1 aromatic carbocycles. The van der Waals surface area contributed by atoms with Gasteiger partial charge in [0, 0.05) is 13.6 Å². The molecule has 0 bridgehead atoms. The smallest absolute Gasteiger partial charge is 0.243 e. The van der Waals surface area contributed by atoms with Crippen LogP contribution in [0.25, 0.3) is 0 Å². The lowest BCUT2D eigenvalue weighted by Crippen LogP contribution is -2.42. The van der Waals surface area contributed by atoms with E-state index in [1.165, 1.54) is 14.0 Å². The molecule has 1 aliphatic carbocycles. The van der Waals surface area contributed by atoms with E-state index in [4.69, 9.17) is 5.73 Å². The van der Waals surface area contributed by atoms with Gasteiger partial charge in [-0.05, 0) is 37.5 Å². The van der Waals surface area contributed by atoms with Crippen molar-refractivity contribution in [3.63, 3.8) is 0 Å². The molecule has 5 nitrogen and oxygen atoms in total. The third-order valence-electron chi connectivity index (χ3n) is 4.03. The fourth-order valence-corrected chi connectivity index (χ4v) is 4.29. The van der Waals surface area contributed by atoms with Crippen LogP contribution in [0.4, 0.5) is 10.1 Å². The van der Waals surface area contributed by atoms with Crippen molar-refractivity contribution in [3.8, 4) is 0 Å². The normalized spacial score (nSPS) is 18.3. The van der Waals surface area contributed by atoms with Gasteiger partial charge in [0.25, 0.3) is 0 Å². The number of nitrogens with two attached hydrogens (primary N) is 1. The Morgan fingerprint density at radius 3 is 2.52 bits per heavy atom. The number of aryl methyl sites for hydroxylation is 1. The first-order chi connectivity index (χ1) is 9.66. The van der Waals surface area contributed by atoms with Crippen LogP contribution in [0.1, 0.15) is 31.2 Å². The molecule has 0 heterocycles. The van der Waals surface area contributed by atoms with E-state index < -0.39 is 21.4 Å². The molecule has 0 amide bonds. The van der Waals surface area contributed by atoms with Gasteiger partial charge >= 0.3 is 0 Å². The number of hydrogen-bond acceptors (Lipinski definition) is 4. The fraction of sp³-hybridized carbons (Fsp3) is 0.571. The standard InChI is InChI=1S/C14H21FN2O3S/c1-10-7-11(15)12(16)8-13(10)21(19,20)17(2)9-14(18)5-3-4-6-14/h7-8,18H,3-6,9,16H2,1-2H3. The molecule has 1 aliphatic rings. The van der Waals surface area contributed by atoms with Crippen molar-refractivity contribution in [3.05, 3.63) is 23.5 Å². The summed E-state index contributed by atoms with van der Waals surface area (Å²) >= 11 is 0. The molecule has 1 saturated carbocycles. The molecule has 0 aliphatic heterocycles. The monoisotopic (exact) mass is 316 g/mol. The summed E-state index contributed by atoms with van der Waals surface area (Å²) in [5.41, 5.74) is 4.59. The molecule has 2 rings (SSSR count). The van der Waals surface area contributed by atoms with Gasteiger partial charge in [0.2, 0.25) is 10.0 Å². The van der Waals surface area contributed by atoms with Crippen LogP contribution in [0.15, 0.2) is 17.0 Å². The zero-order chi connectivity index (χ0) is 15.8. The van der Waals surface area contributed by atoms with Crippen molar-refractivity contribution < 1.29 is 17.9 Å². The molecule has 1 aromatic rings. The number of aliphatic hydroxyl groups is 1. The first-order valence-electron chi connectivity index (χ1n) is 6.90. The zero-order valence-electron chi connectivity index (χ0n) is 12.3. The first-order valence-corrected chi connectivity index (χ1v) is 8.34. The Bertz CT molecular complexity index is 640. The third-order valence-corrected chi connectivity index (χ3v) is 5.98. The highest BCUT2D eigenvalue weighted by Crippen LogP contribution is 2.32. The number of nitrogens with zero attached hydrogens (tertiary/aromatic N) is 1. The van der Waals surface area contributed by atoms with Crippen molar-refractivity contribution >= 4 is 15.7 Å². The lowest BCUT2D eigenvalue weighted by molar-refractivity contribution is 0.0333. The molecule has 0 radical (unpaired) electrons. The van der Waals surface area contributed by atoms with Crippen molar-refractivity contribution in [2.45, 2.75) is 43.1 Å². The highest BCUT2D eigenvalue weighted by Gasteiger charge is 2.36. The summed E-state index contributed by atoms with van der Waals surface area (Å²) < 4.78 is 39.7. The fourth-order valence-electron chi connectivity index (χ4n) is 2.81. The number of hydrogen-bond donors (Lipinski definition) is 2. The van der Waals surface area contributed by atoms with E-state index in [9.17, 15) is 17.9 Å². The Labute approximate surface area is 124 Å². The van der Waals surface area contributed by atoms with Crippen molar-refractivity contribution in [2.75, 3.05) is 19.3 Å². The topological polar surface area (TPSA) is 83.6 Å². The first kappa shape index (κ1) is 16.2. The van der Waals surface area contributed by atoms with Gasteiger partial charge in [-0.15, -0.1) is 0 Å². The minimum atomic E-state index is -3.81. The van der Waals surface area contributed by atoms with Gasteiger partial charge in [-0.3, -0.25) is 0 Å². The molecule has 0 atom stereocenters. The van der Waals surface area contributed by atoms with Crippen LogP contribution in [-0.2, 0) is 10.0 Å². The maximum Gasteiger partial charge on any atom is 0.243 e. The minimum absolute atomic E-state index is 0.0227. The van der Waals surface area contributed by atoms with E-state index in [2.05, 4.69) is 0 Å². The number of rotatable bonds is 4. The van der Waals surface area contributed by atoms with E-state index >= 15 is 0 Å². The molecule has 1 fully saturated rings. The van der Waals surface area contributed by atoms with Gasteiger partial charge in [0.05, 0.1) is 16.2 Å². The number of benzene rings is 1. The highest BCUT2D eigenvalue weighted by molar-refractivity contribution is 7.89. The number of likely N-dealkylation sites (N-methyl/N-ethyl adjacent to an activating group) is 1. The predicted molar refractivity (Wildman–Crippen MR) is 78.8 cm³/mol. The van der Waals surface area contributed by atoms with Crippen LogP contribution in [0, 0.1) is 12.7 Å². The Hall–Kier alpha value is -1.18. The van der Waals surface area contributed by atoms with Gasteiger partial charge in [-0.25, -0.2) is 12.8 Å². The van der Waals surface area contributed by atoms with Crippen LogP contribution in [0.5, 0.6) is 0 Å². The number of sulfonamides is 1. The Balaban J connectivity index is 2.31. The molecule has 3 N–H and O–H groups in total. The Morgan fingerprint density at radius 1 is 1.38 bits per heavy atom. The molecule has 0 spiro atoms. The predicted octanol–water partition coefficient (Wildman–Crippen LogP) is 1.64. The molecule has 0 saturated heterocycles. The molecule has 0 unspecified atom stereocenters. The summed E-state index contributed by atoms with van der Waals surface area (Å²) in [6, 6.07) is 2.25. The van der Waals surface area contributed by atoms with Crippen LogP contribution < -0.4 is 5.73 Å². The quantitative estimate of drug-likeness (QED) is 0.827. The summed E-state index contributed by atoms with van der Waals surface area (Å²) in [6.45, 7) is 1.56. The van der Waals surface area contributed by atoms with E-state index in [1.807, 2.05) is 0 Å². The summed E-state index contributed by atoms with van der Waals surface area (Å²) in [6.07, 6.45) is 2.98. The summed E-state index contributed by atoms with van der Waals surface area (Å²) in [7, 11) is -2.39. The number of nitrogen functional groups attached to an aromatic ring is 1. The molecule has 7 heteroatoms. The highest BCUT2D eigenvalue weighted by atomic mass is 32.2. The third kappa shape index (κ3) is 3.20. The second-order valence-electron chi connectivity index (χ2n) is 5.83. The van der Waals surface area contributed by atoms with E-state index in [0.717, 1.165) is 29.3 Å². The Kier molecular flexibility index (Phi) is 4.28. The summed E-state index contributed by atoms with van der Waals surface area (Å²) in [5.74, 6) is -0.636. The summed E-state index contributed by atoms with van der Waals surface area (Å²) in [5, 5.41) is 10.3. The average molecular weight is 316 g/mol. The maximum atomic E-state index is 13.4. The van der Waals surface area contributed by atoms with Crippen molar-refractivity contribution in [2.24, 2.45) is 0 Å². The Morgan fingerprint density at radius 2 is 1.95 bits per heavy atom. The van der Waals surface area contributed by atoms with Crippen molar-refractivity contribution in [1.82, 2.24) is 4.31 Å². The van der Waals surface area contributed by atoms with E-state index in [-0.39, 0.29) is 17.1 Å². The van der Waals surface area contributed by atoms with Gasteiger partial charge in [-0.1, -0.05) is 12.8 Å². The largest absolute Gasteiger partial charge is 0.396 e. The SMILES string of the molecule is Cc1cc(F)c(N)cc1S(=O)(=O)N(C)CC1(O)CCCC1. The lowest BCUT2D eigenvalue weighted by Gasteiger charge is -2.28. The maximum absolute atomic E-state index is 13.4. The van der Waals surface area contributed by atoms with Crippen LogP contribution >= 0.6 is 0 Å². The van der Waals surface area contributed by atoms with Crippen LogP contribution in [0.2, 0.25) is 0 Å². The lowest BCUT2D eigenvalue weighted by atomic mass is 10.0.